The summed E-state index contributed by atoms with van der Waals surface area (Å²) in [5, 5.41) is 56.3. The molecule has 0 unspecified atom stereocenters. The van der Waals surface area contributed by atoms with Crippen LogP contribution in [0.15, 0.2) is 279 Å². The van der Waals surface area contributed by atoms with Crippen molar-refractivity contribution in [2.24, 2.45) is 0 Å². The highest BCUT2D eigenvalue weighted by molar-refractivity contribution is 5.91. The van der Waals surface area contributed by atoms with Crippen molar-refractivity contribution < 1.29 is 58.6 Å². The summed E-state index contributed by atoms with van der Waals surface area (Å²) >= 11 is 0. The summed E-state index contributed by atoms with van der Waals surface area (Å²) in [4.78, 5) is 62.7. The predicted molar refractivity (Wildman–Crippen MR) is 364 cm³/mol. The third-order valence-corrected chi connectivity index (χ3v) is 17.3. The first-order valence-corrected chi connectivity index (χ1v) is 32.1. The number of nitrogens with zero attached hydrogens (tertiary/aromatic N) is 2. The number of hydrogen-bond acceptors (Lipinski definition) is 16. The number of hydrogen-bond donors (Lipinski definition) is 6. The molecule has 11 rings (SSSR count). The van der Waals surface area contributed by atoms with E-state index in [2.05, 4.69) is 20.4 Å². The molecule has 96 heavy (non-hydrogen) atoms. The Kier molecular flexibility index (Phi) is 21.9. The van der Waals surface area contributed by atoms with Crippen LogP contribution in [0.5, 0.6) is 23.0 Å². The molecule has 1 heterocycles. The van der Waals surface area contributed by atoms with Crippen LogP contribution >= 0.6 is 0 Å². The lowest BCUT2D eigenvalue weighted by molar-refractivity contribution is -0.154. The predicted octanol–water partition coefficient (Wildman–Crippen LogP) is 10.3. The van der Waals surface area contributed by atoms with Crippen LogP contribution in [-0.2, 0) is 54.7 Å². The number of aliphatic hydroxyl groups is 4. The highest BCUT2D eigenvalue weighted by Crippen LogP contribution is 2.41. The maximum atomic E-state index is 14.5. The normalized spacial score (nSPS) is 13.1. The summed E-state index contributed by atoms with van der Waals surface area (Å²) in [7, 11) is 0. The monoisotopic (exact) mass is 1280 g/mol. The molecule has 1 aliphatic heterocycles. The lowest BCUT2D eigenvalue weighted by Crippen LogP contribution is -2.47. The minimum absolute atomic E-state index is 0.130. The number of esters is 4. The maximum Gasteiger partial charge on any atom is 0.353 e. The van der Waals surface area contributed by atoms with Crippen LogP contribution in [-0.4, -0.2) is 106 Å². The smallest absolute Gasteiger partial charge is 0.353 e. The third-order valence-electron chi connectivity index (χ3n) is 17.3. The Labute approximate surface area is 558 Å². The minimum atomic E-state index is -2.25. The fourth-order valence-corrected chi connectivity index (χ4v) is 11.9. The summed E-state index contributed by atoms with van der Waals surface area (Å²) in [6.45, 7) is 7.46. The van der Waals surface area contributed by atoms with Crippen LogP contribution in [0.4, 0.5) is 0 Å². The maximum absolute atomic E-state index is 14.5. The van der Waals surface area contributed by atoms with Crippen molar-refractivity contribution in [1.82, 2.24) is 20.4 Å². The van der Waals surface area contributed by atoms with Gasteiger partial charge in [-0.1, -0.05) is 255 Å². The lowest BCUT2D eigenvalue weighted by atomic mass is 9.86. The summed E-state index contributed by atoms with van der Waals surface area (Å²) in [6.07, 6.45) is 1.71. The second kappa shape index (κ2) is 31.3. The van der Waals surface area contributed by atoms with Gasteiger partial charge in [-0.3, -0.25) is 0 Å². The van der Waals surface area contributed by atoms with Crippen LogP contribution in [0.2, 0.25) is 0 Å². The number of benzene rings is 10. The Morgan fingerprint density at radius 2 is 0.510 bits per heavy atom. The first kappa shape index (κ1) is 67.2. The van der Waals surface area contributed by atoms with E-state index in [1.165, 1.54) is 12.1 Å². The molecule has 1 aliphatic rings. The van der Waals surface area contributed by atoms with E-state index in [9.17, 15) is 39.6 Å². The van der Waals surface area contributed by atoms with E-state index in [1.807, 2.05) is 0 Å². The van der Waals surface area contributed by atoms with Crippen molar-refractivity contribution in [3.8, 4) is 23.0 Å². The zero-order valence-corrected chi connectivity index (χ0v) is 53.0. The van der Waals surface area contributed by atoms with E-state index in [0.29, 0.717) is 37.3 Å². The second-order valence-electron chi connectivity index (χ2n) is 23.6. The van der Waals surface area contributed by atoms with Gasteiger partial charge in [-0.05, 0) is 119 Å². The second-order valence-corrected chi connectivity index (χ2v) is 23.6. The van der Waals surface area contributed by atoms with Crippen LogP contribution in [0, 0.1) is 0 Å². The first-order valence-electron chi connectivity index (χ1n) is 32.1. The molecule has 0 saturated carbocycles. The molecular formula is C80H76N4O12. The van der Waals surface area contributed by atoms with Crippen LogP contribution in [0.1, 0.15) is 68.5 Å². The molecule has 0 spiro atoms. The number of carbonyl (C=O) groups excluding carboxylic acids is 4. The van der Waals surface area contributed by atoms with E-state index < -0.39 is 46.3 Å². The van der Waals surface area contributed by atoms with Gasteiger partial charge in [0.2, 0.25) is 22.4 Å². The summed E-state index contributed by atoms with van der Waals surface area (Å²) in [5.74, 6) is -4.65. The fraction of sp³-hybridized carbons (Fsp3) is 0.200. The van der Waals surface area contributed by atoms with Gasteiger partial charge in [-0.2, -0.15) is 0 Å². The van der Waals surface area contributed by atoms with E-state index in [1.54, 1.807) is 267 Å². The highest BCUT2D eigenvalue weighted by atomic mass is 16.6. The van der Waals surface area contributed by atoms with Gasteiger partial charge < -0.3 is 59.8 Å². The Morgan fingerprint density at radius 1 is 0.302 bits per heavy atom. The van der Waals surface area contributed by atoms with Crippen molar-refractivity contribution in [3.05, 3.63) is 335 Å². The van der Waals surface area contributed by atoms with E-state index in [-0.39, 0.29) is 67.5 Å². The third kappa shape index (κ3) is 15.3. The molecule has 16 heteroatoms. The Hall–Kier alpha value is -10.2. The average molecular weight is 1290 g/mol. The van der Waals surface area contributed by atoms with Gasteiger partial charge in [0.15, 0.2) is 23.0 Å². The SMILES string of the molecule is O=C(Oc1ccc(CNCCCN2CCN(CCCNCc3ccc(OC(=O)C(O)(c4ccccc4)c4ccccc4)c(OC(=O)C(O)(c4ccccc4)c4ccccc4)c3)CC2)cc1OC(=O)C(O)(c1ccccc1)c1ccccc1)C(O)(c1ccccc1)c1ccccc1. The molecule has 0 aliphatic carbocycles. The number of rotatable bonds is 28. The molecule has 488 valence electrons. The molecule has 10 aromatic rings. The van der Waals surface area contributed by atoms with Gasteiger partial charge in [0.25, 0.3) is 0 Å². The molecule has 6 N–H and O–H groups in total. The summed E-state index contributed by atoms with van der Waals surface area (Å²) in [5.41, 5.74) is -5.38. The Balaban J connectivity index is 0.695. The molecule has 0 radical (unpaired) electrons. The molecule has 10 aromatic carbocycles. The van der Waals surface area contributed by atoms with E-state index in [0.717, 1.165) is 52.1 Å². The van der Waals surface area contributed by atoms with Crippen molar-refractivity contribution in [2.75, 3.05) is 52.4 Å². The standard InChI is InChI=1S/C80H76N4O12/c85-73(77(89,61-27-9-1-10-28-61)62-29-11-2-12-30-62)93-69-45-43-59(55-71(69)95-75(87)79(91,65-35-17-5-18-36-65)66-37-19-6-20-38-66)57-81-47-25-49-83-51-53-84(54-52-83)50-26-48-82-58-60-44-46-70(94-74(86)78(90,63-31-13-3-14-32-63)64-33-15-4-16-34-64)72(56-60)96-76(88)80(92,67-39-21-7-22-40-67)68-41-23-8-24-42-68/h1-24,27-46,55-56,81-82,89-92H,25-26,47-54,57-58H2. The van der Waals surface area contributed by atoms with Gasteiger partial charge in [-0.25, -0.2) is 19.2 Å². The molecule has 0 amide bonds. The van der Waals surface area contributed by atoms with Crippen molar-refractivity contribution >= 4 is 23.9 Å². The molecule has 1 fully saturated rings. The molecule has 0 bridgehead atoms. The summed E-state index contributed by atoms with van der Waals surface area (Å²) in [6, 6.07) is 77.5. The van der Waals surface area contributed by atoms with Crippen LogP contribution < -0.4 is 29.6 Å². The zero-order valence-electron chi connectivity index (χ0n) is 53.0. The van der Waals surface area contributed by atoms with E-state index in [4.69, 9.17) is 18.9 Å². The van der Waals surface area contributed by atoms with Gasteiger partial charge in [0, 0.05) is 39.3 Å². The van der Waals surface area contributed by atoms with Crippen molar-refractivity contribution in [1.29, 1.82) is 0 Å². The number of piperazine rings is 1. The van der Waals surface area contributed by atoms with Crippen LogP contribution in [0.3, 0.4) is 0 Å². The quantitative estimate of drug-likeness (QED) is 0.0153. The molecule has 0 aromatic heterocycles. The fourth-order valence-electron chi connectivity index (χ4n) is 11.9. The highest BCUT2D eigenvalue weighted by Gasteiger charge is 2.47. The Morgan fingerprint density at radius 3 is 0.729 bits per heavy atom. The van der Waals surface area contributed by atoms with Crippen LogP contribution in [0.25, 0.3) is 0 Å². The molecular weight excluding hydrogens is 1210 g/mol. The van der Waals surface area contributed by atoms with Gasteiger partial charge >= 0.3 is 23.9 Å². The topological polar surface area (TPSA) is 217 Å². The van der Waals surface area contributed by atoms with Crippen molar-refractivity contribution in [2.45, 2.75) is 48.3 Å². The molecule has 1 saturated heterocycles. The van der Waals surface area contributed by atoms with Gasteiger partial charge in [0.05, 0.1) is 0 Å². The average Bonchev–Trinajstić information content (AvgIpc) is 0.791. The van der Waals surface area contributed by atoms with Crippen molar-refractivity contribution in [3.63, 3.8) is 0 Å². The molecule has 16 nitrogen and oxygen atoms in total. The van der Waals surface area contributed by atoms with E-state index >= 15 is 0 Å². The lowest BCUT2D eigenvalue weighted by Gasteiger charge is -2.34. The minimum Gasteiger partial charge on any atom is -0.420 e. The first-order chi connectivity index (χ1) is 46.8. The number of ether oxygens (including phenoxy) is 4. The zero-order chi connectivity index (χ0) is 66.8. The number of nitrogens with one attached hydrogen (secondary N) is 2. The Bertz CT molecular complexity index is 3740. The molecule has 0 atom stereocenters. The van der Waals surface area contributed by atoms with Gasteiger partial charge in [0.1, 0.15) is 0 Å². The summed E-state index contributed by atoms with van der Waals surface area (Å²) < 4.78 is 24.3. The van der Waals surface area contributed by atoms with Gasteiger partial charge in [-0.15, -0.1) is 0 Å². The largest absolute Gasteiger partial charge is 0.420 e. The number of carbonyl (C=O) groups is 4.